The van der Waals surface area contributed by atoms with Crippen LogP contribution in [0, 0.1) is 11.8 Å². The molecule has 0 amide bonds. The Morgan fingerprint density at radius 3 is 2.82 bits per heavy atom. The zero-order valence-corrected chi connectivity index (χ0v) is 11.9. The molecule has 0 radical (unpaired) electrons. The van der Waals surface area contributed by atoms with Crippen LogP contribution in [0.15, 0.2) is 0 Å². The molecule has 0 saturated carbocycles. The van der Waals surface area contributed by atoms with Crippen molar-refractivity contribution in [1.29, 1.82) is 0 Å². The summed E-state index contributed by atoms with van der Waals surface area (Å²) >= 11 is 0. The van der Waals surface area contributed by atoms with E-state index in [4.69, 9.17) is 4.74 Å². The molecule has 3 heteroatoms. The highest BCUT2D eigenvalue weighted by molar-refractivity contribution is 4.76. The Kier molecular flexibility index (Phi) is 7.82. The van der Waals surface area contributed by atoms with Crippen molar-refractivity contribution in [1.82, 2.24) is 10.2 Å². The highest BCUT2D eigenvalue weighted by Gasteiger charge is 2.20. The minimum Gasteiger partial charge on any atom is -0.380 e. The molecule has 17 heavy (non-hydrogen) atoms. The third-order valence-electron chi connectivity index (χ3n) is 3.51. The molecule has 1 aliphatic heterocycles. The topological polar surface area (TPSA) is 24.5 Å². The Bertz CT molecular complexity index is 185. The van der Waals surface area contributed by atoms with Crippen molar-refractivity contribution in [3.05, 3.63) is 0 Å². The molecule has 1 N–H and O–H groups in total. The van der Waals surface area contributed by atoms with Gasteiger partial charge in [-0.1, -0.05) is 20.8 Å². The zero-order valence-electron chi connectivity index (χ0n) is 11.9. The summed E-state index contributed by atoms with van der Waals surface area (Å²) in [4.78, 5) is 2.53. The first-order chi connectivity index (χ1) is 8.22. The fourth-order valence-electron chi connectivity index (χ4n) is 2.24. The molecule has 1 fully saturated rings. The summed E-state index contributed by atoms with van der Waals surface area (Å²) in [5, 5.41) is 3.51. The van der Waals surface area contributed by atoms with Gasteiger partial charge in [0.25, 0.3) is 0 Å². The Hall–Kier alpha value is -0.120. The van der Waals surface area contributed by atoms with E-state index in [1.165, 1.54) is 32.5 Å². The van der Waals surface area contributed by atoms with Crippen molar-refractivity contribution in [3.8, 4) is 0 Å². The van der Waals surface area contributed by atoms with Crippen LogP contribution in [0.4, 0.5) is 0 Å². The first-order valence-electron chi connectivity index (χ1n) is 7.23. The second-order valence-electron chi connectivity index (χ2n) is 5.55. The van der Waals surface area contributed by atoms with E-state index in [-0.39, 0.29) is 0 Å². The van der Waals surface area contributed by atoms with Crippen LogP contribution in [-0.2, 0) is 4.74 Å². The van der Waals surface area contributed by atoms with E-state index in [1.807, 2.05) is 0 Å². The van der Waals surface area contributed by atoms with Gasteiger partial charge in [0.1, 0.15) is 0 Å². The van der Waals surface area contributed by atoms with Crippen LogP contribution in [-0.4, -0.2) is 50.8 Å². The first kappa shape index (κ1) is 14.9. The van der Waals surface area contributed by atoms with Gasteiger partial charge >= 0.3 is 0 Å². The zero-order chi connectivity index (χ0) is 12.5. The van der Waals surface area contributed by atoms with Gasteiger partial charge in [-0.15, -0.1) is 0 Å². The van der Waals surface area contributed by atoms with Crippen LogP contribution in [0.2, 0.25) is 0 Å². The molecular weight excluding hydrogens is 212 g/mol. The summed E-state index contributed by atoms with van der Waals surface area (Å²) in [6, 6.07) is 0. The van der Waals surface area contributed by atoms with Crippen LogP contribution < -0.4 is 5.32 Å². The summed E-state index contributed by atoms with van der Waals surface area (Å²) in [5.41, 5.74) is 0. The molecule has 0 aromatic carbocycles. The van der Waals surface area contributed by atoms with E-state index in [9.17, 15) is 0 Å². The molecule has 1 aliphatic rings. The van der Waals surface area contributed by atoms with Gasteiger partial charge in [0.05, 0.1) is 6.61 Å². The van der Waals surface area contributed by atoms with Gasteiger partial charge in [0.2, 0.25) is 0 Å². The number of hydrogen-bond acceptors (Lipinski definition) is 3. The van der Waals surface area contributed by atoms with E-state index in [0.717, 1.165) is 38.1 Å². The summed E-state index contributed by atoms with van der Waals surface area (Å²) in [7, 11) is 0. The fraction of sp³-hybridized carbons (Fsp3) is 1.00. The summed E-state index contributed by atoms with van der Waals surface area (Å²) in [6.07, 6.45) is 2.53. The Morgan fingerprint density at radius 1 is 1.35 bits per heavy atom. The lowest BCUT2D eigenvalue weighted by Gasteiger charge is -2.13. The van der Waals surface area contributed by atoms with Gasteiger partial charge in [-0.05, 0) is 44.3 Å². The average molecular weight is 242 g/mol. The van der Waals surface area contributed by atoms with Gasteiger partial charge in [-0.3, -0.25) is 0 Å². The van der Waals surface area contributed by atoms with Gasteiger partial charge in [0, 0.05) is 19.7 Å². The molecule has 0 spiro atoms. The lowest BCUT2D eigenvalue weighted by molar-refractivity contribution is 0.124. The van der Waals surface area contributed by atoms with Crippen molar-refractivity contribution in [3.63, 3.8) is 0 Å². The Morgan fingerprint density at radius 2 is 2.18 bits per heavy atom. The van der Waals surface area contributed by atoms with Gasteiger partial charge in [-0.25, -0.2) is 0 Å². The third kappa shape index (κ3) is 7.02. The number of nitrogens with one attached hydrogen (secondary N) is 1. The molecule has 1 saturated heterocycles. The SMILES string of the molecule is CCN1CCC(CNCCOCCC(C)C)C1. The highest BCUT2D eigenvalue weighted by Crippen LogP contribution is 2.14. The number of rotatable bonds is 9. The van der Waals surface area contributed by atoms with Crippen LogP contribution >= 0.6 is 0 Å². The lowest BCUT2D eigenvalue weighted by Crippen LogP contribution is -2.28. The third-order valence-corrected chi connectivity index (χ3v) is 3.51. The molecule has 1 rings (SSSR count). The lowest BCUT2D eigenvalue weighted by atomic mass is 10.1. The molecule has 0 aliphatic carbocycles. The van der Waals surface area contributed by atoms with Crippen molar-refractivity contribution < 1.29 is 4.74 Å². The number of hydrogen-bond donors (Lipinski definition) is 1. The molecular formula is C14H30N2O. The van der Waals surface area contributed by atoms with Crippen LogP contribution in [0.5, 0.6) is 0 Å². The van der Waals surface area contributed by atoms with Crippen molar-refractivity contribution in [2.45, 2.75) is 33.6 Å². The fourth-order valence-corrected chi connectivity index (χ4v) is 2.24. The molecule has 0 bridgehead atoms. The summed E-state index contributed by atoms with van der Waals surface area (Å²) in [6.45, 7) is 14.4. The van der Waals surface area contributed by atoms with E-state index in [0.29, 0.717) is 0 Å². The van der Waals surface area contributed by atoms with E-state index < -0.39 is 0 Å². The maximum absolute atomic E-state index is 5.58. The molecule has 0 aromatic rings. The predicted octanol–water partition coefficient (Wildman–Crippen LogP) is 1.98. The maximum Gasteiger partial charge on any atom is 0.0590 e. The first-order valence-corrected chi connectivity index (χ1v) is 7.23. The summed E-state index contributed by atoms with van der Waals surface area (Å²) < 4.78 is 5.58. The quantitative estimate of drug-likeness (QED) is 0.626. The van der Waals surface area contributed by atoms with Gasteiger partial charge in [0.15, 0.2) is 0 Å². The maximum atomic E-state index is 5.58. The van der Waals surface area contributed by atoms with E-state index in [2.05, 4.69) is 31.0 Å². The second kappa shape index (κ2) is 8.90. The number of nitrogens with zero attached hydrogens (tertiary/aromatic N) is 1. The standard InChI is InChI=1S/C14H30N2O/c1-4-16-8-5-14(12-16)11-15-7-10-17-9-6-13(2)3/h13-15H,4-12H2,1-3H3. The smallest absolute Gasteiger partial charge is 0.0590 e. The largest absolute Gasteiger partial charge is 0.380 e. The Balaban J connectivity index is 1.85. The van der Waals surface area contributed by atoms with Gasteiger partial charge < -0.3 is 15.0 Å². The second-order valence-corrected chi connectivity index (χ2v) is 5.55. The van der Waals surface area contributed by atoms with Crippen LogP contribution in [0.3, 0.4) is 0 Å². The van der Waals surface area contributed by atoms with E-state index in [1.54, 1.807) is 0 Å². The molecule has 102 valence electrons. The number of likely N-dealkylation sites (tertiary alicyclic amines) is 1. The minimum absolute atomic E-state index is 0.751. The monoisotopic (exact) mass is 242 g/mol. The van der Waals surface area contributed by atoms with Crippen molar-refractivity contribution >= 4 is 0 Å². The summed E-state index contributed by atoms with van der Waals surface area (Å²) in [5.74, 6) is 1.60. The molecule has 1 heterocycles. The average Bonchev–Trinajstić information content (AvgIpc) is 2.75. The van der Waals surface area contributed by atoms with Crippen molar-refractivity contribution in [2.24, 2.45) is 11.8 Å². The van der Waals surface area contributed by atoms with E-state index >= 15 is 0 Å². The molecule has 3 nitrogen and oxygen atoms in total. The molecule has 1 atom stereocenters. The normalized spacial score (nSPS) is 21.5. The molecule has 0 aromatic heterocycles. The van der Waals surface area contributed by atoms with Crippen LogP contribution in [0.1, 0.15) is 33.6 Å². The van der Waals surface area contributed by atoms with Crippen LogP contribution in [0.25, 0.3) is 0 Å². The number of ether oxygens (including phenoxy) is 1. The minimum atomic E-state index is 0.751. The molecule has 1 unspecified atom stereocenters. The highest BCUT2D eigenvalue weighted by atomic mass is 16.5. The van der Waals surface area contributed by atoms with Gasteiger partial charge in [-0.2, -0.15) is 0 Å². The van der Waals surface area contributed by atoms with Crippen molar-refractivity contribution in [2.75, 3.05) is 45.9 Å². The Labute approximate surface area is 107 Å². The predicted molar refractivity (Wildman–Crippen MR) is 73.4 cm³/mol.